The average Bonchev–Trinajstić information content (AvgIpc) is 2.52. The number of rotatable bonds is 4. The van der Waals surface area contributed by atoms with Crippen LogP contribution in [0, 0.1) is 0 Å². The summed E-state index contributed by atoms with van der Waals surface area (Å²) >= 11 is 0. The summed E-state index contributed by atoms with van der Waals surface area (Å²) < 4.78 is 9.84. The van der Waals surface area contributed by atoms with Gasteiger partial charge in [-0.2, -0.15) is 0 Å². The van der Waals surface area contributed by atoms with E-state index >= 15 is 0 Å². The molecule has 1 rings (SSSR count). The number of ketones is 1. The Hall–Kier alpha value is -0.830. The van der Waals surface area contributed by atoms with E-state index in [1.54, 1.807) is 7.11 Å². The zero-order valence-corrected chi connectivity index (χ0v) is 6.63. The quantitative estimate of drug-likeness (QED) is 0.606. The monoisotopic (exact) mass is 156 g/mol. The van der Waals surface area contributed by atoms with Crippen LogP contribution in [0.1, 0.15) is 12.8 Å². The Labute approximate surface area is 66.0 Å². The highest BCUT2D eigenvalue weighted by atomic mass is 16.5. The average molecular weight is 156 g/mol. The molecule has 0 aromatic heterocycles. The molecule has 0 amide bonds. The standard InChI is InChI=1S/C8H12O3/c1-10-6-4-7(9)8-3-2-5-11-8/h3H,2,4-6H2,1H3. The van der Waals surface area contributed by atoms with Crippen molar-refractivity contribution in [3.8, 4) is 0 Å². The zero-order valence-electron chi connectivity index (χ0n) is 6.63. The molecule has 1 aliphatic heterocycles. The highest BCUT2D eigenvalue weighted by Gasteiger charge is 2.13. The van der Waals surface area contributed by atoms with Crippen LogP contribution in [-0.4, -0.2) is 26.1 Å². The predicted octanol–water partition coefficient (Wildman–Crippen LogP) is 0.896. The topological polar surface area (TPSA) is 35.5 Å². The lowest BCUT2D eigenvalue weighted by Crippen LogP contribution is -2.06. The van der Waals surface area contributed by atoms with E-state index in [0.29, 0.717) is 25.4 Å². The molecule has 0 aromatic rings. The van der Waals surface area contributed by atoms with Gasteiger partial charge in [-0.15, -0.1) is 0 Å². The van der Waals surface area contributed by atoms with Gasteiger partial charge in [0.1, 0.15) is 0 Å². The Bertz CT molecular complexity index is 172. The molecule has 0 saturated heterocycles. The Kier molecular flexibility index (Phi) is 3.11. The molecule has 1 heterocycles. The first-order valence-electron chi connectivity index (χ1n) is 3.69. The summed E-state index contributed by atoms with van der Waals surface area (Å²) in [6, 6.07) is 0. The van der Waals surface area contributed by atoms with E-state index in [1.165, 1.54) is 0 Å². The van der Waals surface area contributed by atoms with E-state index in [9.17, 15) is 4.79 Å². The van der Waals surface area contributed by atoms with E-state index in [0.717, 1.165) is 6.42 Å². The second kappa shape index (κ2) is 4.13. The van der Waals surface area contributed by atoms with Crippen LogP contribution >= 0.6 is 0 Å². The molecule has 3 nitrogen and oxygen atoms in total. The second-order valence-corrected chi connectivity index (χ2v) is 2.37. The fourth-order valence-corrected chi connectivity index (χ4v) is 0.930. The molecule has 0 spiro atoms. The van der Waals surface area contributed by atoms with E-state index < -0.39 is 0 Å². The number of carbonyl (C=O) groups excluding carboxylic acids is 1. The van der Waals surface area contributed by atoms with Gasteiger partial charge in [-0.05, 0) is 6.08 Å². The lowest BCUT2D eigenvalue weighted by Gasteiger charge is -2.00. The molecule has 62 valence electrons. The number of allylic oxidation sites excluding steroid dienone is 1. The number of hydrogen-bond acceptors (Lipinski definition) is 3. The molecule has 0 radical (unpaired) electrons. The lowest BCUT2D eigenvalue weighted by atomic mass is 10.2. The van der Waals surface area contributed by atoms with Crippen LogP contribution in [0.5, 0.6) is 0 Å². The zero-order chi connectivity index (χ0) is 8.10. The number of Topliss-reactive ketones (excluding diaryl/α,β-unsaturated/α-hetero) is 1. The van der Waals surface area contributed by atoms with E-state index in [1.807, 2.05) is 6.08 Å². The Morgan fingerprint density at radius 3 is 3.18 bits per heavy atom. The molecule has 11 heavy (non-hydrogen) atoms. The third kappa shape index (κ3) is 2.35. The third-order valence-corrected chi connectivity index (χ3v) is 1.51. The first-order chi connectivity index (χ1) is 5.34. The van der Waals surface area contributed by atoms with Gasteiger partial charge in [0, 0.05) is 20.0 Å². The first-order valence-corrected chi connectivity index (χ1v) is 3.69. The number of carbonyl (C=O) groups is 1. The van der Waals surface area contributed by atoms with Crippen molar-refractivity contribution in [2.24, 2.45) is 0 Å². The van der Waals surface area contributed by atoms with Crippen molar-refractivity contribution in [3.63, 3.8) is 0 Å². The first kappa shape index (κ1) is 8.27. The lowest BCUT2D eigenvalue weighted by molar-refractivity contribution is -0.119. The van der Waals surface area contributed by atoms with E-state index in [4.69, 9.17) is 9.47 Å². The van der Waals surface area contributed by atoms with Crippen molar-refractivity contribution in [1.29, 1.82) is 0 Å². The van der Waals surface area contributed by atoms with Gasteiger partial charge in [-0.25, -0.2) is 0 Å². The summed E-state index contributed by atoms with van der Waals surface area (Å²) in [6.45, 7) is 1.12. The van der Waals surface area contributed by atoms with Crippen molar-refractivity contribution < 1.29 is 14.3 Å². The summed E-state index contributed by atoms with van der Waals surface area (Å²) in [5.74, 6) is 0.561. The molecule has 0 saturated carbocycles. The summed E-state index contributed by atoms with van der Waals surface area (Å²) in [5, 5.41) is 0. The molecule has 3 heteroatoms. The molecular formula is C8H12O3. The SMILES string of the molecule is COCCC(=O)C1=CCCO1. The van der Waals surface area contributed by atoms with Gasteiger partial charge in [0.25, 0.3) is 0 Å². The maximum atomic E-state index is 11.1. The van der Waals surface area contributed by atoms with Gasteiger partial charge in [-0.3, -0.25) is 4.79 Å². The summed E-state index contributed by atoms with van der Waals surface area (Å²) in [4.78, 5) is 11.1. The normalized spacial score (nSPS) is 15.9. The largest absolute Gasteiger partial charge is 0.490 e. The molecule has 0 bridgehead atoms. The smallest absolute Gasteiger partial charge is 0.199 e. The van der Waals surface area contributed by atoms with Gasteiger partial charge < -0.3 is 9.47 Å². The Morgan fingerprint density at radius 1 is 1.82 bits per heavy atom. The summed E-state index contributed by atoms with van der Waals surface area (Å²) in [5.41, 5.74) is 0. The summed E-state index contributed by atoms with van der Waals surface area (Å²) in [6.07, 6.45) is 3.11. The molecule has 0 aliphatic carbocycles. The van der Waals surface area contributed by atoms with E-state index in [-0.39, 0.29) is 5.78 Å². The van der Waals surface area contributed by atoms with Crippen LogP contribution in [0.4, 0.5) is 0 Å². The molecule has 0 atom stereocenters. The van der Waals surface area contributed by atoms with Crippen LogP contribution in [0.3, 0.4) is 0 Å². The molecule has 0 aromatic carbocycles. The Morgan fingerprint density at radius 2 is 2.64 bits per heavy atom. The highest BCUT2D eigenvalue weighted by molar-refractivity contribution is 5.93. The van der Waals surface area contributed by atoms with Crippen LogP contribution in [0.25, 0.3) is 0 Å². The minimum absolute atomic E-state index is 0.0457. The minimum Gasteiger partial charge on any atom is -0.490 e. The van der Waals surface area contributed by atoms with Crippen LogP contribution in [0.15, 0.2) is 11.8 Å². The Balaban J connectivity index is 2.29. The van der Waals surface area contributed by atoms with Crippen molar-refractivity contribution in [3.05, 3.63) is 11.8 Å². The van der Waals surface area contributed by atoms with E-state index in [2.05, 4.69) is 0 Å². The second-order valence-electron chi connectivity index (χ2n) is 2.37. The van der Waals surface area contributed by atoms with Crippen molar-refractivity contribution in [1.82, 2.24) is 0 Å². The fraction of sp³-hybridized carbons (Fsp3) is 0.625. The van der Waals surface area contributed by atoms with Crippen LogP contribution < -0.4 is 0 Å². The molecule has 0 N–H and O–H groups in total. The minimum atomic E-state index is 0.0457. The number of methoxy groups -OCH3 is 1. The predicted molar refractivity (Wildman–Crippen MR) is 40.2 cm³/mol. The molecule has 0 fully saturated rings. The van der Waals surface area contributed by atoms with Gasteiger partial charge in [0.15, 0.2) is 11.5 Å². The maximum Gasteiger partial charge on any atom is 0.199 e. The number of hydrogen-bond donors (Lipinski definition) is 0. The van der Waals surface area contributed by atoms with Gasteiger partial charge >= 0.3 is 0 Å². The molecule has 0 unspecified atom stereocenters. The third-order valence-electron chi connectivity index (χ3n) is 1.51. The molecular weight excluding hydrogens is 144 g/mol. The van der Waals surface area contributed by atoms with Gasteiger partial charge in [0.05, 0.1) is 13.2 Å². The van der Waals surface area contributed by atoms with Crippen molar-refractivity contribution in [2.75, 3.05) is 20.3 Å². The van der Waals surface area contributed by atoms with Crippen LogP contribution in [0.2, 0.25) is 0 Å². The number of ether oxygens (including phenoxy) is 2. The van der Waals surface area contributed by atoms with Crippen molar-refractivity contribution in [2.45, 2.75) is 12.8 Å². The van der Waals surface area contributed by atoms with Crippen LogP contribution in [-0.2, 0) is 14.3 Å². The van der Waals surface area contributed by atoms with Gasteiger partial charge in [0.2, 0.25) is 0 Å². The maximum absolute atomic E-state index is 11.1. The highest BCUT2D eigenvalue weighted by Crippen LogP contribution is 2.11. The van der Waals surface area contributed by atoms with Gasteiger partial charge in [-0.1, -0.05) is 0 Å². The fourth-order valence-electron chi connectivity index (χ4n) is 0.930. The van der Waals surface area contributed by atoms with Crippen molar-refractivity contribution >= 4 is 5.78 Å². The summed E-state index contributed by atoms with van der Waals surface area (Å²) in [7, 11) is 1.58. The molecule has 1 aliphatic rings.